The highest BCUT2D eigenvalue weighted by Gasteiger charge is 2.20. The molecule has 0 spiro atoms. The third-order valence-electron chi connectivity index (χ3n) is 4.92. The van der Waals surface area contributed by atoms with Gasteiger partial charge in [-0.1, -0.05) is 54.7 Å². The minimum atomic E-state index is -3.77. The summed E-state index contributed by atoms with van der Waals surface area (Å²) in [6.07, 6.45) is 2.73. The number of rotatable bonds is 12. The molecule has 0 N–H and O–H groups in total. The smallest absolute Gasteiger partial charge is 0.263 e. The van der Waals surface area contributed by atoms with Gasteiger partial charge in [0.05, 0.1) is 22.0 Å². The highest BCUT2D eigenvalue weighted by atomic mass is 32.2. The van der Waals surface area contributed by atoms with Crippen LogP contribution in [0.25, 0.3) is 0 Å². The van der Waals surface area contributed by atoms with Gasteiger partial charge in [-0.2, -0.15) is 16.8 Å². The number of unbranched alkanes of at least 4 members (excludes halogenated alkanes) is 2. The van der Waals surface area contributed by atoms with Gasteiger partial charge in [0.15, 0.2) is 0 Å². The maximum absolute atomic E-state index is 12.3. The second-order valence-corrected chi connectivity index (χ2v) is 11.1. The van der Waals surface area contributed by atoms with Gasteiger partial charge in [-0.15, -0.1) is 0 Å². The van der Waals surface area contributed by atoms with Gasteiger partial charge < -0.3 is 0 Å². The first-order valence-corrected chi connectivity index (χ1v) is 13.3. The Labute approximate surface area is 186 Å². The molecule has 0 aliphatic heterocycles. The first-order valence-electron chi connectivity index (χ1n) is 10.5. The summed E-state index contributed by atoms with van der Waals surface area (Å²) in [4.78, 5) is 0.316. The number of benzene rings is 2. The van der Waals surface area contributed by atoms with Crippen LogP contribution in [-0.4, -0.2) is 29.0 Å². The summed E-state index contributed by atoms with van der Waals surface area (Å²) in [5.74, 6) is 0. The predicted octanol–water partition coefficient (Wildman–Crippen LogP) is 5.14. The zero-order chi connectivity index (χ0) is 23.1. The zero-order valence-electron chi connectivity index (χ0n) is 18.6. The average Bonchev–Trinajstić information content (AvgIpc) is 2.67. The Hall–Kier alpha value is -1.74. The van der Waals surface area contributed by atoms with E-state index in [1.807, 2.05) is 13.8 Å². The van der Waals surface area contributed by atoms with Gasteiger partial charge in [0.1, 0.15) is 0 Å². The molecule has 2 rings (SSSR count). The minimum absolute atomic E-state index is 0.158. The van der Waals surface area contributed by atoms with Crippen molar-refractivity contribution in [2.75, 3.05) is 0 Å². The highest BCUT2D eigenvalue weighted by molar-refractivity contribution is 7.87. The fraction of sp³-hybridized carbons (Fsp3) is 0.478. The summed E-state index contributed by atoms with van der Waals surface area (Å²) >= 11 is 0. The Morgan fingerprint density at radius 2 is 0.935 bits per heavy atom. The molecule has 0 amide bonds. The van der Waals surface area contributed by atoms with Crippen molar-refractivity contribution < 1.29 is 25.2 Å². The molecule has 2 aromatic rings. The molecule has 0 aliphatic carbocycles. The van der Waals surface area contributed by atoms with Crippen molar-refractivity contribution in [2.24, 2.45) is 0 Å². The summed E-state index contributed by atoms with van der Waals surface area (Å²) in [7, 11) is -7.54. The molecule has 0 aromatic heterocycles. The van der Waals surface area contributed by atoms with E-state index in [1.165, 1.54) is 0 Å². The van der Waals surface area contributed by atoms with Crippen molar-refractivity contribution in [2.45, 2.75) is 81.8 Å². The summed E-state index contributed by atoms with van der Waals surface area (Å²) in [5, 5.41) is 0. The van der Waals surface area contributed by atoms with Crippen LogP contribution in [0, 0.1) is 13.8 Å². The fourth-order valence-electron chi connectivity index (χ4n) is 3.09. The van der Waals surface area contributed by atoms with Gasteiger partial charge in [-0.3, -0.25) is 8.37 Å². The van der Waals surface area contributed by atoms with Gasteiger partial charge in [-0.25, -0.2) is 0 Å². The maximum Gasteiger partial charge on any atom is 0.297 e. The molecule has 8 heteroatoms. The maximum atomic E-state index is 12.3. The standard InChI is InChI=1S/C23H32O6S2/c1-18-10-14-22(15-11-18)30(24,25)28-20(3)8-6-5-7-9-21(4)29-31(26,27)23-16-12-19(2)13-17-23/h10-17,20-21H,5-9H2,1-4H3. The lowest BCUT2D eigenvalue weighted by Crippen LogP contribution is -2.16. The van der Waals surface area contributed by atoms with Crippen molar-refractivity contribution in [1.82, 2.24) is 0 Å². The van der Waals surface area contributed by atoms with Crippen molar-refractivity contribution >= 4 is 20.2 Å². The minimum Gasteiger partial charge on any atom is -0.263 e. The largest absolute Gasteiger partial charge is 0.297 e. The Morgan fingerprint density at radius 1 is 0.613 bits per heavy atom. The quantitative estimate of drug-likeness (QED) is 0.317. The topological polar surface area (TPSA) is 86.7 Å². The summed E-state index contributed by atoms with van der Waals surface area (Å²) in [6.45, 7) is 7.27. The summed E-state index contributed by atoms with van der Waals surface area (Å²) in [5.41, 5.74) is 1.97. The molecule has 6 nitrogen and oxygen atoms in total. The molecule has 0 fully saturated rings. The zero-order valence-corrected chi connectivity index (χ0v) is 20.2. The lowest BCUT2D eigenvalue weighted by molar-refractivity contribution is 0.204. The second-order valence-electron chi connectivity index (χ2n) is 7.99. The Kier molecular flexibility index (Phi) is 9.24. The molecule has 0 saturated heterocycles. The van der Waals surface area contributed by atoms with Crippen molar-refractivity contribution in [3.05, 3.63) is 59.7 Å². The van der Waals surface area contributed by atoms with Gasteiger partial charge in [-0.05, 0) is 64.8 Å². The normalized spacial score (nSPS) is 14.3. The van der Waals surface area contributed by atoms with Gasteiger partial charge in [0.2, 0.25) is 0 Å². The molecule has 2 unspecified atom stereocenters. The van der Waals surface area contributed by atoms with Crippen molar-refractivity contribution in [3.63, 3.8) is 0 Å². The van der Waals surface area contributed by atoms with Crippen LogP contribution < -0.4 is 0 Å². The SMILES string of the molecule is Cc1ccc(S(=O)(=O)OC(C)CCCCCC(C)OS(=O)(=O)c2ccc(C)cc2)cc1. The van der Waals surface area contributed by atoms with E-state index in [9.17, 15) is 16.8 Å². The van der Waals surface area contributed by atoms with Gasteiger partial charge in [0, 0.05) is 0 Å². The molecular formula is C23H32O6S2. The lowest BCUT2D eigenvalue weighted by Gasteiger charge is -2.14. The van der Waals surface area contributed by atoms with Crippen LogP contribution in [0.5, 0.6) is 0 Å². The van der Waals surface area contributed by atoms with E-state index in [-0.39, 0.29) is 9.79 Å². The highest BCUT2D eigenvalue weighted by Crippen LogP contribution is 2.20. The van der Waals surface area contributed by atoms with E-state index in [4.69, 9.17) is 8.37 Å². The van der Waals surface area contributed by atoms with E-state index in [0.29, 0.717) is 12.8 Å². The van der Waals surface area contributed by atoms with E-state index in [0.717, 1.165) is 30.4 Å². The van der Waals surface area contributed by atoms with Crippen molar-refractivity contribution in [3.8, 4) is 0 Å². The molecule has 2 atom stereocenters. The molecular weight excluding hydrogens is 436 g/mol. The lowest BCUT2D eigenvalue weighted by atomic mass is 10.1. The predicted molar refractivity (Wildman–Crippen MR) is 121 cm³/mol. The average molecular weight is 469 g/mol. The monoisotopic (exact) mass is 468 g/mol. The summed E-state index contributed by atoms with van der Waals surface area (Å²) < 4.78 is 59.8. The van der Waals surface area contributed by atoms with Gasteiger partial charge in [0.25, 0.3) is 20.2 Å². The molecule has 31 heavy (non-hydrogen) atoms. The van der Waals surface area contributed by atoms with E-state index < -0.39 is 32.4 Å². The van der Waals surface area contributed by atoms with Crippen LogP contribution in [0.4, 0.5) is 0 Å². The van der Waals surface area contributed by atoms with E-state index >= 15 is 0 Å². The second kappa shape index (κ2) is 11.2. The molecule has 0 aliphatic rings. The molecule has 0 radical (unpaired) electrons. The Bertz CT molecular complexity index is 941. The Morgan fingerprint density at radius 3 is 1.26 bits per heavy atom. The first kappa shape index (κ1) is 25.5. The molecule has 2 aromatic carbocycles. The van der Waals surface area contributed by atoms with Crippen LogP contribution in [0.15, 0.2) is 58.3 Å². The number of hydrogen-bond donors (Lipinski definition) is 0. The van der Waals surface area contributed by atoms with Crippen LogP contribution in [0.3, 0.4) is 0 Å². The fourth-order valence-corrected chi connectivity index (χ4v) is 5.31. The molecule has 0 saturated carbocycles. The number of aryl methyl sites for hydroxylation is 2. The van der Waals surface area contributed by atoms with E-state index in [2.05, 4.69) is 0 Å². The molecule has 0 bridgehead atoms. The van der Waals surface area contributed by atoms with Crippen molar-refractivity contribution in [1.29, 1.82) is 0 Å². The third-order valence-corrected chi connectivity index (χ3v) is 7.79. The molecule has 0 heterocycles. The summed E-state index contributed by atoms with van der Waals surface area (Å²) in [6, 6.07) is 13.1. The van der Waals surface area contributed by atoms with E-state index in [1.54, 1.807) is 62.4 Å². The van der Waals surface area contributed by atoms with Crippen LogP contribution in [-0.2, 0) is 28.6 Å². The Balaban J connectivity index is 1.70. The first-order chi connectivity index (χ1) is 14.5. The van der Waals surface area contributed by atoms with Gasteiger partial charge >= 0.3 is 0 Å². The third kappa shape index (κ3) is 8.37. The van der Waals surface area contributed by atoms with Crippen LogP contribution in [0.2, 0.25) is 0 Å². The molecule has 172 valence electrons. The van der Waals surface area contributed by atoms with Crippen LogP contribution >= 0.6 is 0 Å². The number of hydrogen-bond acceptors (Lipinski definition) is 6. The van der Waals surface area contributed by atoms with Crippen LogP contribution in [0.1, 0.15) is 57.1 Å².